The summed E-state index contributed by atoms with van der Waals surface area (Å²) < 4.78 is 23.2. The van der Waals surface area contributed by atoms with Gasteiger partial charge in [0.2, 0.25) is 0 Å². The third kappa shape index (κ3) is 5.27. The molecule has 0 radical (unpaired) electrons. The highest BCUT2D eigenvalue weighted by Gasteiger charge is 2.03. The number of hydrogen-bond acceptors (Lipinski definition) is 4. The fourth-order valence-corrected chi connectivity index (χ4v) is 1.85. The van der Waals surface area contributed by atoms with Gasteiger partial charge in [-0.1, -0.05) is 11.6 Å². The maximum absolute atomic E-state index is 12.9. The minimum atomic E-state index is -0.441. The van der Waals surface area contributed by atoms with Crippen LogP contribution in [0, 0.1) is 5.82 Å². The van der Waals surface area contributed by atoms with Gasteiger partial charge in [0.15, 0.2) is 6.61 Å². The van der Waals surface area contributed by atoms with E-state index in [-0.39, 0.29) is 11.6 Å². The van der Waals surface area contributed by atoms with E-state index in [1.54, 1.807) is 31.4 Å². The molecule has 0 heterocycles. The Morgan fingerprint density at radius 2 is 1.96 bits per heavy atom. The quantitative estimate of drug-likeness (QED) is 0.651. The SMILES string of the molecule is COc1ccc(OCC(=O)N/N=C/c2ccc(F)cc2Cl)cc1. The van der Waals surface area contributed by atoms with Gasteiger partial charge in [-0.25, -0.2) is 9.82 Å². The number of halogens is 2. The molecular weight excluding hydrogens is 323 g/mol. The molecule has 5 nitrogen and oxygen atoms in total. The van der Waals surface area contributed by atoms with Crippen molar-refractivity contribution in [3.05, 3.63) is 58.9 Å². The monoisotopic (exact) mass is 336 g/mol. The van der Waals surface area contributed by atoms with Gasteiger partial charge in [-0.05, 0) is 42.5 Å². The van der Waals surface area contributed by atoms with Gasteiger partial charge in [-0.3, -0.25) is 4.79 Å². The predicted octanol–water partition coefficient (Wildman–Crippen LogP) is 3.02. The number of methoxy groups -OCH3 is 1. The minimum absolute atomic E-state index is 0.194. The number of nitrogens with one attached hydrogen (secondary N) is 1. The molecule has 0 aromatic heterocycles. The molecule has 0 unspecified atom stereocenters. The highest BCUT2D eigenvalue weighted by Crippen LogP contribution is 2.17. The Hall–Kier alpha value is -2.60. The number of hydrazone groups is 1. The van der Waals surface area contributed by atoms with Crippen molar-refractivity contribution in [3.8, 4) is 11.5 Å². The minimum Gasteiger partial charge on any atom is -0.497 e. The zero-order valence-corrected chi connectivity index (χ0v) is 13.0. The van der Waals surface area contributed by atoms with Crippen LogP contribution in [0.15, 0.2) is 47.6 Å². The van der Waals surface area contributed by atoms with Crippen molar-refractivity contribution >= 4 is 23.7 Å². The molecule has 0 atom stereocenters. The van der Waals surface area contributed by atoms with Crippen LogP contribution in [-0.4, -0.2) is 25.8 Å². The summed E-state index contributed by atoms with van der Waals surface area (Å²) in [5.41, 5.74) is 2.78. The number of hydrogen-bond donors (Lipinski definition) is 1. The Balaban J connectivity index is 1.81. The van der Waals surface area contributed by atoms with Gasteiger partial charge in [0.05, 0.1) is 18.3 Å². The standard InChI is InChI=1S/C16H14ClFN2O3/c1-22-13-4-6-14(7-5-13)23-10-16(21)20-19-9-11-2-3-12(18)8-15(11)17/h2-9H,10H2,1H3,(H,20,21)/b19-9+. The highest BCUT2D eigenvalue weighted by atomic mass is 35.5. The van der Waals surface area contributed by atoms with Gasteiger partial charge < -0.3 is 9.47 Å². The molecular formula is C16H14ClFN2O3. The van der Waals surface area contributed by atoms with Crippen LogP contribution in [0.1, 0.15) is 5.56 Å². The van der Waals surface area contributed by atoms with Gasteiger partial charge in [-0.15, -0.1) is 0 Å². The summed E-state index contributed by atoms with van der Waals surface area (Å²) in [6.45, 7) is -0.194. The summed E-state index contributed by atoms with van der Waals surface area (Å²) in [5.74, 6) is 0.355. The third-order valence-corrected chi connectivity index (χ3v) is 3.11. The number of nitrogens with zero attached hydrogens (tertiary/aromatic N) is 1. The smallest absolute Gasteiger partial charge is 0.277 e. The van der Waals surface area contributed by atoms with Crippen LogP contribution >= 0.6 is 11.6 Å². The number of carbonyl (C=O) groups excluding carboxylic acids is 1. The fourth-order valence-electron chi connectivity index (χ4n) is 1.63. The van der Waals surface area contributed by atoms with Crippen LogP contribution in [0.2, 0.25) is 5.02 Å². The second kappa shape index (κ2) is 8.14. The zero-order chi connectivity index (χ0) is 16.7. The maximum Gasteiger partial charge on any atom is 0.277 e. The molecule has 1 amide bonds. The number of benzene rings is 2. The molecule has 0 bridgehead atoms. The van der Waals surface area contributed by atoms with Gasteiger partial charge in [0, 0.05) is 5.56 Å². The van der Waals surface area contributed by atoms with Crippen LogP contribution in [0.4, 0.5) is 4.39 Å². The van der Waals surface area contributed by atoms with E-state index < -0.39 is 11.7 Å². The van der Waals surface area contributed by atoms with Crippen molar-refractivity contribution in [3.63, 3.8) is 0 Å². The largest absolute Gasteiger partial charge is 0.497 e. The summed E-state index contributed by atoms with van der Waals surface area (Å²) in [6.07, 6.45) is 1.33. The molecule has 2 rings (SSSR count). The van der Waals surface area contributed by atoms with E-state index in [0.29, 0.717) is 17.1 Å². The molecule has 0 aliphatic rings. The van der Waals surface area contributed by atoms with Crippen molar-refractivity contribution in [2.24, 2.45) is 5.10 Å². The number of ether oxygens (including phenoxy) is 2. The molecule has 120 valence electrons. The summed E-state index contributed by atoms with van der Waals surface area (Å²) in [6, 6.07) is 10.7. The zero-order valence-electron chi connectivity index (χ0n) is 12.3. The molecule has 0 spiro atoms. The third-order valence-electron chi connectivity index (χ3n) is 2.78. The Kier molecular flexibility index (Phi) is 5.94. The van der Waals surface area contributed by atoms with Crippen molar-refractivity contribution in [2.45, 2.75) is 0 Å². The van der Waals surface area contributed by atoms with E-state index in [4.69, 9.17) is 21.1 Å². The van der Waals surface area contributed by atoms with Gasteiger partial charge in [0.25, 0.3) is 5.91 Å². The molecule has 2 aromatic rings. The summed E-state index contributed by atoms with van der Waals surface area (Å²) >= 11 is 5.83. The van der Waals surface area contributed by atoms with Crippen LogP contribution in [0.5, 0.6) is 11.5 Å². The van der Waals surface area contributed by atoms with E-state index in [9.17, 15) is 9.18 Å². The van der Waals surface area contributed by atoms with Crippen molar-refractivity contribution < 1.29 is 18.7 Å². The van der Waals surface area contributed by atoms with Crippen molar-refractivity contribution in [1.29, 1.82) is 0 Å². The average molecular weight is 337 g/mol. The molecule has 0 aliphatic heterocycles. The number of amides is 1. The lowest BCUT2D eigenvalue weighted by Crippen LogP contribution is -2.24. The molecule has 7 heteroatoms. The average Bonchev–Trinajstić information content (AvgIpc) is 2.55. The Morgan fingerprint density at radius 3 is 2.61 bits per heavy atom. The Bertz CT molecular complexity index is 705. The fraction of sp³-hybridized carbons (Fsp3) is 0.125. The normalized spacial score (nSPS) is 10.6. The first-order valence-electron chi connectivity index (χ1n) is 6.62. The summed E-state index contributed by atoms with van der Waals surface area (Å²) in [5, 5.41) is 3.95. The summed E-state index contributed by atoms with van der Waals surface area (Å²) in [7, 11) is 1.56. The first kappa shape index (κ1) is 16.8. The second-order valence-corrected chi connectivity index (χ2v) is 4.83. The molecule has 2 aromatic carbocycles. The van der Waals surface area contributed by atoms with Gasteiger partial charge in [-0.2, -0.15) is 5.10 Å². The van der Waals surface area contributed by atoms with Crippen LogP contribution in [-0.2, 0) is 4.79 Å². The maximum atomic E-state index is 12.9. The lowest BCUT2D eigenvalue weighted by atomic mass is 10.2. The molecule has 0 aliphatic carbocycles. The molecule has 0 fully saturated rings. The molecule has 0 saturated heterocycles. The first-order valence-corrected chi connectivity index (χ1v) is 7.00. The van der Waals surface area contributed by atoms with Gasteiger partial charge >= 0.3 is 0 Å². The number of rotatable bonds is 6. The molecule has 0 saturated carbocycles. The first-order chi connectivity index (χ1) is 11.1. The van der Waals surface area contributed by atoms with Gasteiger partial charge in [0.1, 0.15) is 17.3 Å². The number of carbonyl (C=O) groups is 1. The topological polar surface area (TPSA) is 59.9 Å². The molecule has 23 heavy (non-hydrogen) atoms. The van der Waals surface area contributed by atoms with Crippen molar-refractivity contribution in [2.75, 3.05) is 13.7 Å². The van der Waals surface area contributed by atoms with E-state index in [1.165, 1.54) is 18.3 Å². The van der Waals surface area contributed by atoms with E-state index >= 15 is 0 Å². The Morgan fingerprint density at radius 1 is 1.26 bits per heavy atom. The van der Waals surface area contributed by atoms with Crippen LogP contribution in [0.25, 0.3) is 0 Å². The molecule has 1 N–H and O–H groups in total. The van der Waals surface area contributed by atoms with Crippen LogP contribution in [0.3, 0.4) is 0 Å². The Labute approximate surface area is 137 Å². The summed E-state index contributed by atoms with van der Waals surface area (Å²) in [4.78, 5) is 11.6. The van der Waals surface area contributed by atoms with Crippen molar-refractivity contribution in [1.82, 2.24) is 5.43 Å². The van der Waals surface area contributed by atoms with E-state index in [1.807, 2.05) is 0 Å². The second-order valence-electron chi connectivity index (χ2n) is 4.42. The van der Waals surface area contributed by atoms with Crippen LogP contribution < -0.4 is 14.9 Å². The highest BCUT2D eigenvalue weighted by molar-refractivity contribution is 6.33. The van der Waals surface area contributed by atoms with E-state index in [0.717, 1.165) is 6.07 Å². The lowest BCUT2D eigenvalue weighted by molar-refractivity contribution is -0.123. The lowest BCUT2D eigenvalue weighted by Gasteiger charge is -2.06. The van der Waals surface area contributed by atoms with E-state index in [2.05, 4.69) is 10.5 Å². The predicted molar refractivity (Wildman–Crippen MR) is 85.6 cm³/mol.